The lowest BCUT2D eigenvalue weighted by atomic mass is 10.1. The second-order valence-electron chi connectivity index (χ2n) is 5.99. The van der Waals surface area contributed by atoms with Gasteiger partial charge in [0.15, 0.2) is 5.96 Å². The van der Waals surface area contributed by atoms with Crippen LogP contribution in [0.15, 0.2) is 10.4 Å². The summed E-state index contributed by atoms with van der Waals surface area (Å²) < 4.78 is 37.2. The molecule has 1 atom stereocenters. The molecule has 5 nitrogen and oxygen atoms in total. The summed E-state index contributed by atoms with van der Waals surface area (Å²) in [4.78, 5) is 10.0. The average molecular weight is 363 g/mol. The lowest BCUT2D eigenvalue weighted by molar-refractivity contribution is -0.143. The Bertz CT molecular complexity index is 543. The van der Waals surface area contributed by atoms with Crippen LogP contribution >= 0.6 is 11.3 Å². The van der Waals surface area contributed by atoms with Crippen LogP contribution in [0.4, 0.5) is 13.2 Å². The maximum absolute atomic E-state index is 12.4. The molecule has 1 aromatic rings. The van der Waals surface area contributed by atoms with E-state index in [0.29, 0.717) is 32.1 Å². The molecule has 136 valence electrons. The van der Waals surface area contributed by atoms with Gasteiger partial charge in [0.25, 0.3) is 0 Å². The van der Waals surface area contributed by atoms with Gasteiger partial charge in [-0.05, 0) is 25.8 Å². The minimum atomic E-state index is -4.12. The Morgan fingerprint density at radius 3 is 2.88 bits per heavy atom. The van der Waals surface area contributed by atoms with E-state index >= 15 is 0 Å². The van der Waals surface area contributed by atoms with Crippen molar-refractivity contribution in [2.24, 2.45) is 10.9 Å². The lowest BCUT2D eigenvalue weighted by Crippen LogP contribution is -2.41. The van der Waals surface area contributed by atoms with Crippen molar-refractivity contribution in [2.75, 3.05) is 39.8 Å². The van der Waals surface area contributed by atoms with Gasteiger partial charge in [-0.15, -0.1) is 11.3 Å². The fourth-order valence-corrected chi connectivity index (χ4v) is 3.42. The number of likely N-dealkylation sites (tertiary alicyclic amines) is 1. The Hall–Kier alpha value is -1.35. The van der Waals surface area contributed by atoms with Gasteiger partial charge in [0, 0.05) is 38.5 Å². The predicted molar refractivity (Wildman–Crippen MR) is 90.5 cm³/mol. The average Bonchev–Trinajstić information content (AvgIpc) is 3.10. The van der Waals surface area contributed by atoms with E-state index in [1.807, 2.05) is 12.3 Å². The van der Waals surface area contributed by atoms with Crippen molar-refractivity contribution in [1.29, 1.82) is 0 Å². The largest absolute Gasteiger partial charge is 0.401 e. The van der Waals surface area contributed by atoms with Gasteiger partial charge in [-0.1, -0.05) is 0 Å². The van der Waals surface area contributed by atoms with Crippen LogP contribution in [0.2, 0.25) is 0 Å². The van der Waals surface area contributed by atoms with E-state index < -0.39 is 12.7 Å². The van der Waals surface area contributed by atoms with Gasteiger partial charge < -0.3 is 10.6 Å². The molecular weight excluding hydrogens is 339 g/mol. The first-order chi connectivity index (χ1) is 11.4. The van der Waals surface area contributed by atoms with Crippen molar-refractivity contribution >= 4 is 17.3 Å². The number of aliphatic imine (C=N–C) groups is 1. The predicted octanol–water partition coefficient (Wildman–Crippen LogP) is 2.04. The van der Waals surface area contributed by atoms with Crippen LogP contribution in [0.1, 0.15) is 17.1 Å². The third-order valence-electron chi connectivity index (χ3n) is 3.89. The maximum Gasteiger partial charge on any atom is 0.401 e. The van der Waals surface area contributed by atoms with Crippen LogP contribution in [-0.4, -0.2) is 61.8 Å². The Morgan fingerprint density at radius 1 is 1.46 bits per heavy atom. The van der Waals surface area contributed by atoms with Crippen LogP contribution in [0, 0.1) is 12.8 Å². The van der Waals surface area contributed by atoms with Crippen molar-refractivity contribution in [3.05, 3.63) is 16.1 Å². The van der Waals surface area contributed by atoms with Gasteiger partial charge in [0.05, 0.1) is 17.2 Å². The SMILES string of the molecule is CN=C(NCCc1csc(C)n1)NCC1CCN(CC(F)(F)F)C1. The minimum absolute atomic E-state index is 0.215. The topological polar surface area (TPSA) is 52.6 Å². The van der Waals surface area contributed by atoms with E-state index in [-0.39, 0.29) is 5.92 Å². The van der Waals surface area contributed by atoms with E-state index in [0.717, 1.165) is 23.5 Å². The molecule has 24 heavy (non-hydrogen) atoms. The van der Waals surface area contributed by atoms with Crippen LogP contribution in [0.5, 0.6) is 0 Å². The number of hydrogen-bond acceptors (Lipinski definition) is 4. The van der Waals surface area contributed by atoms with Crippen molar-refractivity contribution in [1.82, 2.24) is 20.5 Å². The van der Waals surface area contributed by atoms with E-state index in [1.54, 1.807) is 18.4 Å². The Morgan fingerprint density at radius 2 is 2.25 bits per heavy atom. The molecule has 0 saturated carbocycles. The van der Waals surface area contributed by atoms with E-state index in [9.17, 15) is 13.2 Å². The van der Waals surface area contributed by atoms with Gasteiger partial charge in [-0.2, -0.15) is 13.2 Å². The first-order valence-electron chi connectivity index (χ1n) is 8.00. The Labute approximate surface area is 144 Å². The summed E-state index contributed by atoms with van der Waals surface area (Å²) in [6.07, 6.45) is -2.53. The number of aryl methyl sites for hydroxylation is 1. The molecule has 1 fully saturated rings. The molecule has 2 rings (SSSR count). The molecule has 0 aromatic carbocycles. The third-order valence-corrected chi connectivity index (χ3v) is 4.72. The second-order valence-corrected chi connectivity index (χ2v) is 7.05. The number of guanidine groups is 1. The zero-order valence-corrected chi connectivity index (χ0v) is 14.8. The molecule has 1 aliphatic heterocycles. The lowest BCUT2D eigenvalue weighted by Gasteiger charge is -2.18. The highest BCUT2D eigenvalue weighted by Gasteiger charge is 2.34. The van der Waals surface area contributed by atoms with Crippen LogP contribution < -0.4 is 10.6 Å². The van der Waals surface area contributed by atoms with Crippen molar-refractivity contribution in [3.8, 4) is 0 Å². The van der Waals surface area contributed by atoms with Gasteiger partial charge in [0.2, 0.25) is 0 Å². The van der Waals surface area contributed by atoms with Gasteiger partial charge in [0.1, 0.15) is 0 Å². The van der Waals surface area contributed by atoms with Crippen LogP contribution in [-0.2, 0) is 6.42 Å². The highest BCUT2D eigenvalue weighted by atomic mass is 32.1. The monoisotopic (exact) mass is 363 g/mol. The molecule has 0 radical (unpaired) electrons. The van der Waals surface area contributed by atoms with Gasteiger partial charge in [-0.25, -0.2) is 4.98 Å². The molecule has 2 N–H and O–H groups in total. The molecular formula is C15H24F3N5S. The number of nitrogens with zero attached hydrogens (tertiary/aromatic N) is 3. The maximum atomic E-state index is 12.4. The van der Waals surface area contributed by atoms with E-state index in [1.165, 1.54) is 4.90 Å². The molecule has 0 aliphatic carbocycles. The summed E-state index contributed by atoms with van der Waals surface area (Å²) in [6.45, 7) is 3.48. The quantitative estimate of drug-likeness (QED) is 0.600. The molecule has 0 bridgehead atoms. The highest BCUT2D eigenvalue weighted by molar-refractivity contribution is 7.09. The Balaban J connectivity index is 1.65. The van der Waals surface area contributed by atoms with E-state index in [4.69, 9.17) is 0 Å². The van der Waals surface area contributed by atoms with Crippen molar-refractivity contribution in [2.45, 2.75) is 25.9 Å². The molecule has 1 unspecified atom stereocenters. The number of halogens is 3. The number of thiazole rings is 1. The Kier molecular flexibility index (Phi) is 6.85. The van der Waals surface area contributed by atoms with Crippen LogP contribution in [0.3, 0.4) is 0 Å². The second kappa shape index (κ2) is 8.66. The first kappa shape index (κ1) is 19.0. The summed E-state index contributed by atoms with van der Waals surface area (Å²) >= 11 is 1.63. The molecule has 1 aromatic heterocycles. The standard InChI is InChI=1S/C15H24F3N5S/c1-11-22-13(9-24-11)3-5-20-14(19-2)21-7-12-4-6-23(8-12)10-15(16,17)18/h9,12H,3-8,10H2,1-2H3,(H2,19,20,21). The minimum Gasteiger partial charge on any atom is -0.356 e. The number of rotatable bonds is 6. The normalized spacial score (nSPS) is 19.7. The van der Waals surface area contributed by atoms with E-state index in [2.05, 4.69) is 20.6 Å². The third kappa shape index (κ3) is 6.64. The zero-order valence-electron chi connectivity index (χ0n) is 14.0. The van der Waals surface area contributed by atoms with Crippen LogP contribution in [0.25, 0.3) is 0 Å². The number of hydrogen-bond donors (Lipinski definition) is 2. The number of alkyl halides is 3. The van der Waals surface area contributed by atoms with Crippen molar-refractivity contribution < 1.29 is 13.2 Å². The zero-order chi connectivity index (χ0) is 17.6. The fraction of sp³-hybridized carbons (Fsp3) is 0.733. The van der Waals surface area contributed by atoms with Gasteiger partial charge >= 0.3 is 6.18 Å². The molecule has 9 heteroatoms. The number of aromatic nitrogens is 1. The fourth-order valence-electron chi connectivity index (χ4n) is 2.77. The summed E-state index contributed by atoms with van der Waals surface area (Å²) in [6, 6.07) is 0. The molecule has 0 spiro atoms. The smallest absolute Gasteiger partial charge is 0.356 e. The summed E-state index contributed by atoms with van der Waals surface area (Å²) in [7, 11) is 1.69. The molecule has 0 amide bonds. The van der Waals surface area contributed by atoms with Crippen molar-refractivity contribution in [3.63, 3.8) is 0 Å². The summed E-state index contributed by atoms with van der Waals surface area (Å²) in [5.74, 6) is 0.892. The number of nitrogens with one attached hydrogen (secondary N) is 2. The van der Waals surface area contributed by atoms with Gasteiger partial charge in [-0.3, -0.25) is 9.89 Å². The summed E-state index contributed by atoms with van der Waals surface area (Å²) in [5.41, 5.74) is 1.05. The highest BCUT2D eigenvalue weighted by Crippen LogP contribution is 2.22. The molecule has 2 heterocycles. The summed E-state index contributed by atoms with van der Waals surface area (Å²) in [5, 5.41) is 9.51. The molecule has 1 aliphatic rings. The first-order valence-corrected chi connectivity index (χ1v) is 8.88. The molecule has 1 saturated heterocycles.